The first-order valence-corrected chi connectivity index (χ1v) is 8.25. The SMILES string of the molecule is O=C(Cc1ccc(Cl)c(Cl)c1)NCC(N1CCNCC1)C(F)(F)F. The van der Waals surface area contributed by atoms with Crippen molar-refractivity contribution in [3.8, 4) is 0 Å². The maximum absolute atomic E-state index is 13.2. The van der Waals surface area contributed by atoms with E-state index in [1.54, 1.807) is 12.1 Å². The molecule has 0 spiro atoms. The normalized spacial score (nSPS) is 17.5. The molecule has 0 aliphatic carbocycles. The fourth-order valence-electron chi connectivity index (χ4n) is 2.55. The highest BCUT2D eigenvalue weighted by molar-refractivity contribution is 6.42. The minimum absolute atomic E-state index is 0.0526. The third-order valence-corrected chi connectivity index (χ3v) is 4.55. The highest BCUT2D eigenvalue weighted by Gasteiger charge is 2.43. The minimum atomic E-state index is -4.39. The summed E-state index contributed by atoms with van der Waals surface area (Å²) in [6, 6.07) is 3.01. The Bertz CT molecular complexity index is 578. The number of nitrogens with one attached hydrogen (secondary N) is 2. The van der Waals surface area contributed by atoms with Crippen molar-refractivity contribution in [1.29, 1.82) is 0 Å². The monoisotopic (exact) mass is 383 g/mol. The molecule has 1 fully saturated rings. The standard InChI is InChI=1S/C15H18Cl2F3N3O/c16-11-2-1-10(7-12(11)17)8-14(24)22-9-13(15(18,19)20)23-5-3-21-4-6-23/h1-2,7,13,21H,3-6,8-9H2,(H,22,24). The van der Waals surface area contributed by atoms with E-state index in [9.17, 15) is 18.0 Å². The van der Waals surface area contributed by atoms with Crippen LogP contribution in [0.4, 0.5) is 13.2 Å². The molecule has 24 heavy (non-hydrogen) atoms. The first-order valence-electron chi connectivity index (χ1n) is 7.49. The molecule has 1 saturated heterocycles. The number of carbonyl (C=O) groups is 1. The first-order chi connectivity index (χ1) is 11.3. The highest BCUT2D eigenvalue weighted by atomic mass is 35.5. The zero-order valence-corrected chi connectivity index (χ0v) is 14.3. The van der Waals surface area contributed by atoms with Crippen molar-refractivity contribution < 1.29 is 18.0 Å². The quantitative estimate of drug-likeness (QED) is 0.820. The van der Waals surface area contributed by atoms with E-state index in [4.69, 9.17) is 23.2 Å². The lowest BCUT2D eigenvalue weighted by molar-refractivity contribution is -0.184. The van der Waals surface area contributed by atoms with Gasteiger partial charge in [0.05, 0.1) is 16.5 Å². The van der Waals surface area contributed by atoms with Gasteiger partial charge in [-0.2, -0.15) is 13.2 Å². The number of amides is 1. The second kappa shape index (κ2) is 8.38. The molecule has 1 atom stereocenters. The van der Waals surface area contributed by atoms with E-state index in [1.165, 1.54) is 11.0 Å². The van der Waals surface area contributed by atoms with Crippen LogP contribution in [0, 0.1) is 0 Å². The molecule has 2 rings (SSSR count). The molecule has 0 bridgehead atoms. The molecule has 1 aliphatic rings. The van der Waals surface area contributed by atoms with Gasteiger partial charge in [-0.15, -0.1) is 0 Å². The molecule has 1 aromatic carbocycles. The maximum atomic E-state index is 13.2. The number of rotatable bonds is 5. The summed E-state index contributed by atoms with van der Waals surface area (Å²) in [6.07, 6.45) is -4.45. The van der Waals surface area contributed by atoms with Gasteiger partial charge >= 0.3 is 6.18 Å². The summed E-state index contributed by atoms with van der Waals surface area (Å²) in [5.74, 6) is -0.488. The van der Waals surface area contributed by atoms with Crippen LogP contribution in [0.1, 0.15) is 5.56 Å². The predicted octanol–water partition coefficient (Wildman–Crippen LogP) is 2.49. The number of alkyl halides is 3. The number of piperazine rings is 1. The number of nitrogens with zero attached hydrogens (tertiary/aromatic N) is 1. The number of carbonyl (C=O) groups excluding carboxylic acids is 1. The van der Waals surface area contributed by atoms with Crippen LogP contribution in [0.3, 0.4) is 0 Å². The van der Waals surface area contributed by atoms with Gasteiger partial charge in [0.15, 0.2) is 0 Å². The van der Waals surface area contributed by atoms with E-state index < -0.39 is 24.7 Å². The number of benzene rings is 1. The van der Waals surface area contributed by atoms with Crippen LogP contribution in [-0.4, -0.2) is 55.7 Å². The van der Waals surface area contributed by atoms with Crippen LogP contribution in [0.25, 0.3) is 0 Å². The van der Waals surface area contributed by atoms with Crippen LogP contribution in [0.2, 0.25) is 10.0 Å². The van der Waals surface area contributed by atoms with E-state index in [0.29, 0.717) is 41.8 Å². The molecule has 0 radical (unpaired) electrons. The molecule has 0 aromatic heterocycles. The molecule has 1 heterocycles. The Morgan fingerprint density at radius 2 is 1.92 bits per heavy atom. The lowest BCUT2D eigenvalue weighted by Gasteiger charge is -2.35. The lowest BCUT2D eigenvalue weighted by Crippen LogP contribution is -2.57. The van der Waals surface area contributed by atoms with Crippen molar-refractivity contribution in [2.45, 2.75) is 18.6 Å². The molecule has 4 nitrogen and oxygen atoms in total. The van der Waals surface area contributed by atoms with Gasteiger partial charge in [0, 0.05) is 32.7 Å². The molecular formula is C15H18Cl2F3N3O. The Hall–Kier alpha value is -1.02. The van der Waals surface area contributed by atoms with Gasteiger partial charge in [0.25, 0.3) is 0 Å². The summed E-state index contributed by atoms with van der Waals surface area (Å²) >= 11 is 11.6. The lowest BCUT2D eigenvalue weighted by atomic mass is 10.1. The second-order valence-corrected chi connectivity index (χ2v) is 6.39. The summed E-state index contributed by atoms with van der Waals surface area (Å²) < 4.78 is 39.7. The van der Waals surface area contributed by atoms with Gasteiger partial charge in [-0.25, -0.2) is 0 Å². The highest BCUT2D eigenvalue weighted by Crippen LogP contribution is 2.25. The molecule has 1 unspecified atom stereocenters. The van der Waals surface area contributed by atoms with Crippen LogP contribution < -0.4 is 10.6 Å². The van der Waals surface area contributed by atoms with Crippen LogP contribution in [0.15, 0.2) is 18.2 Å². The molecule has 1 amide bonds. The van der Waals surface area contributed by atoms with Crippen molar-refractivity contribution in [3.05, 3.63) is 33.8 Å². The fraction of sp³-hybridized carbons (Fsp3) is 0.533. The Kier molecular flexibility index (Phi) is 6.74. The van der Waals surface area contributed by atoms with E-state index in [2.05, 4.69) is 10.6 Å². The van der Waals surface area contributed by atoms with Crippen molar-refractivity contribution in [1.82, 2.24) is 15.5 Å². The first kappa shape index (κ1) is 19.3. The van der Waals surface area contributed by atoms with Gasteiger partial charge in [-0.05, 0) is 17.7 Å². The van der Waals surface area contributed by atoms with E-state index in [1.807, 2.05) is 0 Å². The second-order valence-electron chi connectivity index (χ2n) is 5.57. The zero-order chi connectivity index (χ0) is 17.7. The number of hydrogen-bond donors (Lipinski definition) is 2. The van der Waals surface area contributed by atoms with Gasteiger partial charge in [0.2, 0.25) is 5.91 Å². The van der Waals surface area contributed by atoms with Crippen LogP contribution >= 0.6 is 23.2 Å². The maximum Gasteiger partial charge on any atom is 0.405 e. The predicted molar refractivity (Wildman–Crippen MR) is 87.5 cm³/mol. The summed E-state index contributed by atoms with van der Waals surface area (Å²) in [6.45, 7) is 1.14. The van der Waals surface area contributed by atoms with Crippen molar-refractivity contribution in [2.24, 2.45) is 0 Å². The van der Waals surface area contributed by atoms with Crippen LogP contribution in [0.5, 0.6) is 0 Å². The van der Waals surface area contributed by atoms with Crippen molar-refractivity contribution in [3.63, 3.8) is 0 Å². The number of hydrogen-bond acceptors (Lipinski definition) is 3. The third kappa shape index (κ3) is 5.51. The molecular weight excluding hydrogens is 366 g/mol. The third-order valence-electron chi connectivity index (χ3n) is 3.81. The average Bonchev–Trinajstić information content (AvgIpc) is 2.51. The molecule has 2 N–H and O–H groups in total. The summed E-state index contributed by atoms with van der Waals surface area (Å²) in [5.41, 5.74) is 0.590. The fourth-order valence-corrected chi connectivity index (χ4v) is 2.87. The van der Waals surface area contributed by atoms with E-state index in [0.717, 1.165) is 0 Å². The molecule has 134 valence electrons. The minimum Gasteiger partial charge on any atom is -0.354 e. The molecule has 1 aromatic rings. The Labute approximate surface area is 148 Å². The zero-order valence-electron chi connectivity index (χ0n) is 12.8. The van der Waals surface area contributed by atoms with Gasteiger partial charge in [0.1, 0.15) is 6.04 Å². The van der Waals surface area contributed by atoms with Crippen molar-refractivity contribution in [2.75, 3.05) is 32.7 Å². The Balaban J connectivity index is 1.92. The van der Waals surface area contributed by atoms with E-state index >= 15 is 0 Å². The Morgan fingerprint density at radius 1 is 1.25 bits per heavy atom. The van der Waals surface area contributed by atoms with Gasteiger partial charge in [-0.1, -0.05) is 29.3 Å². The topological polar surface area (TPSA) is 44.4 Å². The van der Waals surface area contributed by atoms with Gasteiger partial charge in [-0.3, -0.25) is 9.69 Å². The summed E-state index contributed by atoms with van der Waals surface area (Å²) in [7, 11) is 0. The molecule has 0 saturated carbocycles. The smallest absolute Gasteiger partial charge is 0.354 e. The summed E-state index contributed by atoms with van der Waals surface area (Å²) in [5, 5.41) is 6.04. The van der Waals surface area contributed by atoms with Gasteiger partial charge < -0.3 is 10.6 Å². The molecule has 1 aliphatic heterocycles. The summed E-state index contributed by atoms with van der Waals surface area (Å²) in [4.78, 5) is 13.3. The average molecular weight is 384 g/mol. The van der Waals surface area contributed by atoms with Crippen LogP contribution in [-0.2, 0) is 11.2 Å². The number of halogens is 5. The molecule has 9 heteroatoms. The Morgan fingerprint density at radius 3 is 2.50 bits per heavy atom. The van der Waals surface area contributed by atoms with E-state index in [-0.39, 0.29) is 6.42 Å². The largest absolute Gasteiger partial charge is 0.405 e. The van der Waals surface area contributed by atoms with Crippen molar-refractivity contribution >= 4 is 29.1 Å².